The van der Waals surface area contributed by atoms with Crippen LogP contribution in [0.25, 0.3) is 6.08 Å². The number of rotatable bonds is 4. The Bertz CT molecular complexity index is 406. The SMILES string of the molecule is C=Cc1ccc(N(C)C(=O)CC(C)=O)cc1. The summed E-state index contributed by atoms with van der Waals surface area (Å²) < 4.78 is 0. The third-order valence-electron chi connectivity index (χ3n) is 2.29. The van der Waals surface area contributed by atoms with Crippen molar-refractivity contribution in [1.82, 2.24) is 0 Å². The minimum absolute atomic E-state index is 0.0558. The van der Waals surface area contributed by atoms with Crippen LogP contribution in [0.3, 0.4) is 0 Å². The molecule has 0 heterocycles. The number of hydrogen-bond acceptors (Lipinski definition) is 2. The molecule has 16 heavy (non-hydrogen) atoms. The summed E-state index contributed by atoms with van der Waals surface area (Å²) in [5.41, 5.74) is 1.77. The van der Waals surface area contributed by atoms with Crippen molar-refractivity contribution in [1.29, 1.82) is 0 Å². The highest BCUT2D eigenvalue weighted by Gasteiger charge is 2.12. The molecule has 0 atom stereocenters. The van der Waals surface area contributed by atoms with Crippen molar-refractivity contribution in [3.63, 3.8) is 0 Å². The van der Waals surface area contributed by atoms with Gasteiger partial charge in [-0.3, -0.25) is 9.59 Å². The fraction of sp³-hybridized carbons (Fsp3) is 0.231. The minimum Gasteiger partial charge on any atom is -0.315 e. The number of nitrogens with zero attached hydrogens (tertiary/aromatic N) is 1. The number of carbonyl (C=O) groups excluding carboxylic acids is 2. The Hall–Kier alpha value is -1.90. The summed E-state index contributed by atoms with van der Waals surface area (Å²) in [6.07, 6.45) is 1.68. The molecule has 1 amide bonds. The van der Waals surface area contributed by atoms with Gasteiger partial charge in [-0.05, 0) is 24.6 Å². The van der Waals surface area contributed by atoms with Gasteiger partial charge in [0.05, 0.1) is 6.42 Å². The molecule has 0 N–H and O–H groups in total. The molecule has 0 spiro atoms. The fourth-order valence-electron chi connectivity index (χ4n) is 1.31. The van der Waals surface area contributed by atoms with Crippen molar-refractivity contribution in [2.24, 2.45) is 0 Å². The van der Waals surface area contributed by atoms with Crippen LogP contribution in [-0.4, -0.2) is 18.7 Å². The minimum atomic E-state index is -0.196. The van der Waals surface area contributed by atoms with E-state index in [1.165, 1.54) is 11.8 Å². The van der Waals surface area contributed by atoms with Crippen LogP contribution >= 0.6 is 0 Å². The standard InChI is InChI=1S/C13H15NO2/c1-4-11-5-7-12(8-6-11)14(3)13(16)9-10(2)15/h4-8H,1,9H2,2-3H3. The number of Topliss-reactive ketones (excluding diaryl/α,β-unsaturated/α-hetero) is 1. The highest BCUT2D eigenvalue weighted by Crippen LogP contribution is 2.15. The summed E-state index contributed by atoms with van der Waals surface area (Å²) in [4.78, 5) is 23.9. The highest BCUT2D eigenvalue weighted by molar-refractivity contribution is 6.04. The predicted molar refractivity (Wildman–Crippen MR) is 65.2 cm³/mol. The Kier molecular flexibility index (Phi) is 4.00. The maximum absolute atomic E-state index is 11.6. The van der Waals surface area contributed by atoms with Crippen LogP contribution < -0.4 is 4.90 Å². The molecule has 0 saturated carbocycles. The summed E-state index contributed by atoms with van der Waals surface area (Å²) in [6.45, 7) is 5.06. The van der Waals surface area contributed by atoms with Gasteiger partial charge in [-0.15, -0.1) is 0 Å². The van der Waals surface area contributed by atoms with Crippen LogP contribution in [0.4, 0.5) is 5.69 Å². The van der Waals surface area contributed by atoms with E-state index in [4.69, 9.17) is 0 Å². The highest BCUT2D eigenvalue weighted by atomic mass is 16.2. The molecule has 0 fully saturated rings. The van der Waals surface area contributed by atoms with Gasteiger partial charge in [0.2, 0.25) is 5.91 Å². The second-order valence-corrected chi connectivity index (χ2v) is 3.63. The van der Waals surface area contributed by atoms with E-state index >= 15 is 0 Å². The third kappa shape index (κ3) is 3.05. The molecule has 1 aromatic rings. The van der Waals surface area contributed by atoms with Crippen molar-refractivity contribution in [3.05, 3.63) is 36.4 Å². The lowest BCUT2D eigenvalue weighted by molar-refractivity contribution is -0.125. The first-order valence-electron chi connectivity index (χ1n) is 5.03. The number of anilines is 1. The van der Waals surface area contributed by atoms with Gasteiger partial charge >= 0.3 is 0 Å². The number of amides is 1. The molecule has 0 unspecified atom stereocenters. The summed E-state index contributed by atoms with van der Waals surface area (Å²) in [5.74, 6) is -0.321. The van der Waals surface area contributed by atoms with E-state index < -0.39 is 0 Å². The lowest BCUT2D eigenvalue weighted by Crippen LogP contribution is -2.27. The average molecular weight is 217 g/mol. The molecule has 0 aromatic heterocycles. The molecule has 0 aliphatic carbocycles. The van der Waals surface area contributed by atoms with Crippen LogP contribution in [-0.2, 0) is 9.59 Å². The zero-order valence-electron chi connectivity index (χ0n) is 9.56. The van der Waals surface area contributed by atoms with Crippen LogP contribution in [0, 0.1) is 0 Å². The number of benzene rings is 1. The van der Waals surface area contributed by atoms with Gasteiger partial charge in [0, 0.05) is 12.7 Å². The van der Waals surface area contributed by atoms with Gasteiger partial charge < -0.3 is 4.90 Å². The van der Waals surface area contributed by atoms with Crippen LogP contribution in [0.2, 0.25) is 0 Å². The second kappa shape index (κ2) is 5.26. The quantitative estimate of drug-likeness (QED) is 0.725. The van der Waals surface area contributed by atoms with Gasteiger partial charge in [-0.2, -0.15) is 0 Å². The van der Waals surface area contributed by atoms with Crippen LogP contribution in [0.15, 0.2) is 30.8 Å². The van der Waals surface area contributed by atoms with Crippen molar-refractivity contribution >= 4 is 23.5 Å². The lowest BCUT2D eigenvalue weighted by Gasteiger charge is -2.16. The summed E-state index contributed by atoms with van der Waals surface area (Å²) >= 11 is 0. The van der Waals surface area contributed by atoms with Crippen molar-refractivity contribution < 1.29 is 9.59 Å². The summed E-state index contributed by atoms with van der Waals surface area (Å²) in [6, 6.07) is 7.41. The molecule has 84 valence electrons. The molecule has 0 aliphatic rings. The fourth-order valence-corrected chi connectivity index (χ4v) is 1.31. The van der Waals surface area contributed by atoms with E-state index in [2.05, 4.69) is 6.58 Å². The lowest BCUT2D eigenvalue weighted by atomic mass is 10.2. The molecule has 3 heteroatoms. The van der Waals surface area contributed by atoms with Gasteiger partial charge in [0.25, 0.3) is 0 Å². The number of ketones is 1. The first-order chi connectivity index (χ1) is 7.54. The van der Waals surface area contributed by atoms with E-state index in [1.807, 2.05) is 24.3 Å². The Morgan fingerprint density at radius 1 is 1.31 bits per heavy atom. The average Bonchev–Trinajstić information content (AvgIpc) is 2.27. The molecule has 3 nitrogen and oxygen atoms in total. The third-order valence-corrected chi connectivity index (χ3v) is 2.29. The topological polar surface area (TPSA) is 37.4 Å². The van der Waals surface area contributed by atoms with Crippen molar-refractivity contribution in [3.8, 4) is 0 Å². The Morgan fingerprint density at radius 2 is 1.88 bits per heavy atom. The van der Waals surface area contributed by atoms with Gasteiger partial charge in [-0.1, -0.05) is 24.8 Å². The molecule has 1 aromatic carbocycles. The molecule has 1 rings (SSSR count). The normalized spacial score (nSPS) is 9.62. The smallest absolute Gasteiger partial charge is 0.234 e. The van der Waals surface area contributed by atoms with Crippen molar-refractivity contribution in [2.75, 3.05) is 11.9 Å². The van der Waals surface area contributed by atoms with Gasteiger partial charge in [0.15, 0.2) is 0 Å². The predicted octanol–water partition coefficient (Wildman–Crippen LogP) is 2.27. The Labute approximate surface area is 95.4 Å². The summed E-state index contributed by atoms with van der Waals surface area (Å²) in [5, 5.41) is 0. The van der Waals surface area contributed by atoms with Gasteiger partial charge in [0.1, 0.15) is 5.78 Å². The largest absolute Gasteiger partial charge is 0.315 e. The molecular weight excluding hydrogens is 202 g/mol. The molecular formula is C13H15NO2. The van der Waals surface area contributed by atoms with E-state index in [0.29, 0.717) is 0 Å². The molecule has 0 saturated heterocycles. The van der Waals surface area contributed by atoms with Crippen LogP contribution in [0.1, 0.15) is 18.9 Å². The van der Waals surface area contributed by atoms with Crippen molar-refractivity contribution in [2.45, 2.75) is 13.3 Å². The first kappa shape index (κ1) is 12.2. The first-order valence-corrected chi connectivity index (χ1v) is 5.03. The monoisotopic (exact) mass is 217 g/mol. The maximum atomic E-state index is 11.6. The Morgan fingerprint density at radius 3 is 2.31 bits per heavy atom. The summed E-state index contributed by atoms with van der Waals surface area (Å²) in [7, 11) is 1.66. The van der Waals surface area contributed by atoms with E-state index in [0.717, 1.165) is 11.3 Å². The Balaban J connectivity index is 2.79. The molecule has 0 radical (unpaired) electrons. The van der Waals surface area contributed by atoms with E-state index in [1.54, 1.807) is 13.1 Å². The van der Waals surface area contributed by atoms with Crippen LogP contribution in [0.5, 0.6) is 0 Å². The number of hydrogen-bond donors (Lipinski definition) is 0. The number of carbonyl (C=O) groups is 2. The maximum Gasteiger partial charge on any atom is 0.234 e. The van der Waals surface area contributed by atoms with E-state index in [9.17, 15) is 9.59 Å². The molecule has 0 aliphatic heterocycles. The van der Waals surface area contributed by atoms with Gasteiger partial charge in [-0.25, -0.2) is 0 Å². The molecule has 0 bridgehead atoms. The zero-order chi connectivity index (χ0) is 12.1. The van der Waals surface area contributed by atoms with E-state index in [-0.39, 0.29) is 18.1 Å². The second-order valence-electron chi connectivity index (χ2n) is 3.63. The zero-order valence-corrected chi connectivity index (χ0v) is 9.56.